The number of aryl methyl sites for hydroxylation is 2. The lowest BCUT2D eigenvalue weighted by molar-refractivity contribution is -0.135. The largest absolute Gasteiger partial charge is 0.375 e. The molecule has 1 N–H and O–H groups in total. The average Bonchev–Trinajstić information content (AvgIpc) is 2.89. The van der Waals surface area contributed by atoms with Crippen molar-refractivity contribution in [3.05, 3.63) is 63.1 Å². The molecule has 146 valence electrons. The van der Waals surface area contributed by atoms with Crippen molar-refractivity contribution in [1.29, 1.82) is 0 Å². The Balaban J connectivity index is 1.67. The van der Waals surface area contributed by atoms with E-state index in [0.29, 0.717) is 23.4 Å². The Morgan fingerprint density at radius 3 is 2.64 bits per heavy atom. The van der Waals surface area contributed by atoms with Gasteiger partial charge in [-0.2, -0.15) is 0 Å². The van der Waals surface area contributed by atoms with Gasteiger partial charge in [0.15, 0.2) is 11.4 Å². The van der Waals surface area contributed by atoms with E-state index >= 15 is 0 Å². The molecule has 0 spiro atoms. The summed E-state index contributed by atoms with van der Waals surface area (Å²) in [5.74, 6) is -0.609. The van der Waals surface area contributed by atoms with E-state index in [4.69, 9.17) is 0 Å². The molecule has 0 fully saturated rings. The van der Waals surface area contributed by atoms with Crippen molar-refractivity contribution in [2.45, 2.75) is 51.0 Å². The maximum absolute atomic E-state index is 13.1. The Bertz CT molecular complexity index is 955. The van der Waals surface area contributed by atoms with Crippen molar-refractivity contribution >= 4 is 33.3 Å². The normalized spacial score (nSPS) is 20.8. The Morgan fingerprint density at radius 2 is 1.89 bits per heavy atom. The number of carbonyl (C=O) groups excluding carboxylic acids is 2. The van der Waals surface area contributed by atoms with Crippen molar-refractivity contribution < 1.29 is 14.7 Å². The van der Waals surface area contributed by atoms with Gasteiger partial charge < -0.3 is 10.0 Å². The zero-order valence-corrected chi connectivity index (χ0v) is 17.6. The van der Waals surface area contributed by atoms with Crippen molar-refractivity contribution in [1.82, 2.24) is 0 Å². The molecule has 1 aliphatic carbocycles. The second kappa shape index (κ2) is 7.45. The molecule has 1 heterocycles. The van der Waals surface area contributed by atoms with Gasteiger partial charge in [-0.25, -0.2) is 0 Å². The Labute approximate surface area is 173 Å². The van der Waals surface area contributed by atoms with E-state index in [2.05, 4.69) is 15.9 Å². The first-order valence-corrected chi connectivity index (χ1v) is 10.7. The van der Waals surface area contributed by atoms with Gasteiger partial charge in [0.25, 0.3) is 5.91 Å². The summed E-state index contributed by atoms with van der Waals surface area (Å²) >= 11 is 3.42. The zero-order chi connectivity index (χ0) is 19.9. The molecule has 2 aromatic carbocycles. The van der Waals surface area contributed by atoms with Gasteiger partial charge in [0.1, 0.15) is 0 Å². The van der Waals surface area contributed by atoms with Crippen LogP contribution in [0.25, 0.3) is 0 Å². The molecule has 2 aromatic rings. The molecular formula is C23H24BrNO3. The summed E-state index contributed by atoms with van der Waals surface area (Å²) in [5.41, 5.74) is 2.48. The van der Waals surface area contributed by atoms with E-state index in [1.165, 1.54) is 17.5 Å². The van der Waals surface area contributed by atoms with Crippen LogP contribution in [0.5, 0.6) is 0 Å². The number of fused-ring (bicyclic) bond motifs is 2. The predicted molar refractivity (Wildman–Crippen MR) is 113 cm³/mol. The minimum Gasteiger partial charge on any atom is -0.375 e. The predicted octanol–water partition coefficient (Wildman–Crippen LogP) is 4.55. The van der Waals surface area contributed by atoms with E-state index in [0.717, 1.165) is 30.2 Å². The monoisotopic (exact) mass is 441 g/mol. The number of amides is 1. The summed E-state index contributed by atoms with van der Waals surface area (Å²) in [4.78, 5) is 27.7. The van der Waals surface area contributed by atoms with Gasteiger partial charge in [-0.05, 0) is 67.5 Å². The third-order valence-corrected chi connectivity index (χ3v) is 6.32. The molecule has 0 bridgehead atoms. The second-order valence-electron chi connectivity index (χ2n) is 7.77. The average molecular weight is 442 g/mol. The second-order valence-corrected chi connectivity index (χ2v) is 8.68. The number of aliphatic hydroxyl groups is 1. The molecule has 1 amide bonds. The summed E-state index contributed by atoms with van der Waals surface area (Å²) in [6.07, 6.45) is 4.90. The molecule has 0 saturated carbocycles. The summed E-state index contributed by atoms with van der Waals surface area (Å²) in [7, 11) is 0. The lowest BCUT2D eigenvalue weighted by atomic mass is 9.85. The van der Waals surface area contributed by atoms with E-state index in [1.807, 2.05) is 37.3 Å². The van der Waals surface area contributed by atoms with Gasteiger partial charge in [-0.15, -0.1) is 0 Å². The van der Waals surface area contributed by atoms with Crippen LogP contribution in [0.2, 0.25) is 0 Å². The van der Waals surface area contributed by atoms with Crippen LogP contribution in [0.15, 0.2) is 40.9 Å². The fourth-order valence-electron chi connectivity index (χ4n) is 4.38. The van der Waals surface area contributed by atoms with Crippen molar-refractivity contribution in [2.24, 2.45) is 0 Å². The first kappa shape index (κ1) is 19.3. The highest BCUT2D eigenvalue weighted by molar-refractivity contribution is 9.10. The number of hydrogen-bond donors (Lipinski definition) is 1. The lowest BCUT2D eigenvalue weighted by Crippen LogP contribution is -2.42. The maximum atomic E-state index is 13.1. The van der Waals surface area contributed by atoms with E-state index in [9.17, 15) is 14.7 Å². The Kier molecular flexibility index (Phi) is 5.15. The number of benzene rings is 2. The molecule has 2 aliphatic rings. The zero-order valence-electron chi connectivity index (χ0n) is 16.0. The highest BCUT2D eigenvalue weighted by Crippen LogP contribution is 2.44. The topological polar surface area (TPSA) is 57.6 Å². The number of ketones is 1. The Morgan fingerprint density at radius 1 is 1.14 bits per heavy atom. The number of nitrogens with zero attached hydrogens (tertiary/aromatic N) is 1. The molecule has 0 aromatic heterocycles. The van der Waals surface area contributed by atoms with E-state index in [1.54, 1.807) is 11.0 Å². The first-order valence-electron chi connectivity index (χ1n) is 9.93. The number of Topliss-reactive ketones (excluding diaryl/α,β-unsaturated/α-hetero) is 1. The number of carbonyl (C=O) groups is 2. The third kappa shape index (κ3) is 3.20. The summed E-state index contributed by atoms with van der Waals surface area (Å²) in [5, 5.41) is 11.4. The molecule has 0 saturated heterocycles. The minimum atomic E-state index is -1.82. The molecule has 4 rings (SSSR count). The van der Waals surface area contributed by atoms with Crippen LogP contribution >= 0.6 is 15.9 Å². The lowest BCUT2D eigenvalue weighted by Gasteiger charge is -2.23. The van der Waals surface area contributed by atoms with Gasteiger partial charge in [0.2, 0.25) is 0 Å². The van der Waals surface area contributed by atoms with Crippen LogP contribution in [-0.2, 0) is 23.2 Å². The molecule has 0 unspecified atom stereocenters. The Hall–Kier alpha value is -1.98. The van der Waals surface area contributed by atoms with Crippen molar-refractivity contribution in [3.63, 3.8) is 0 Å². The first-order chi connectivity index (χ1) is 13.4. The van der Waals surface area contributed by atoms with Gasteiger partial charge in [-0.3, -0.25) is 9.59 Å². The van der Waals surface area contributed by atoms with Crippen LogP contribution in [0, 0.1) is 0 Å². The summed E-state index contributed by atoms with van der Waals surface area (Å²) in [6.45, 7) is 2.50. The van der Waals surface area contributed by atoms with Gasteiger partial charge in [0.05, 0.1) is 12.1 Å². The van der Waals surface area contributed by atoms with Crippen molar-refractivity contribution in [3.8, 4) is 0 Å². The standard InChI is InChI=1S/C23H24BrNO3/c1-2-11-25-20-10-9-18(24)13-19(20)23(28,22(25)27)14-21(26)17-8-7-15-5-3-4-6-16(15)12-17/h7-10,12-13,28H,2-6,11,14H2,1H3/t23-/m0/s1. The number of anilines is 1. The van der Waals surface area contributed by atoms with Crippen molar-refractivity contribution in [2.75, 3.05) is 11.4 Å². The molecule has 0 radical (unpaired) electrons. The number of halogens is 1. The SMILES string of the molecule is CCCN1C(=O)[C@](O)(CC(=O)c2ccc3c(c2)CCCC3)c2cc(Br)ccc21. The highest BCUT2D eigenvalue weighted by atomic mass is 79.9. The van der Waals surface area contributed by atoms with Crippen LogP contribution in [0.1, 0.15) is 59.7 Å². The molecule has 1 aliphatic heterocycles. The highest BCUT2D eigenvalue weighted by Gasteiger charge is 2.50. The molecule has 1 atom stereocenters. The third-order valence-electron chi connectivity index (χ3n) is 5.83. The van der Waals surface area contributed by atoms with Crippen LogP contribution in [-0.4, -0.2) is 23.3 Å². The summed E-state index contributed by atoms with van der Waals surface area (Å²) < 4.78 is 0.775. The number of rotatable bonds is 5. The molecular weight excluding hydrogens is 418 g/mol. The van der Waals surface area contributed by atoms with Gasteiger partial charge in [0, 0.05) is 22.1 Å². The maximum Gasteiger partial charge on any atom is 0.264 e. The molecule has 4 nitrogen and oxygen atoms in total. The fraction of sp³-hybridized carbons (Fsp3) is 0.391. The molecule has 28 heavy (non-hydrogen) atoms. The van der Waals surface area contributed by atoms with Gasteiger partial charge in [-0.1, -0.05) is 35.0 Å². The summed E-state index contributed by atoms with van der Waals surface area (Å²) in [6, 6.07) is 11.2. The molecule has 5 heteroatoms. The van der Waals surface area contributed by atoms with Crippen LogP contribution in [0.3, 0.4) is 0 Å². The minimum absolute atomic E-state index is 0.200. The van der Waals surface area contributed by atoms with Crippen LogP contribution in [0.4, 0.5) is 5.69 Å². The van der Waals surface area contributed by atoms with E-state index in [-0.39, 0.29) is 12.2 Å². The number of hydrogen-bond acceptors (Lipinski definition) is 3. The van der Waals surface area contributed by atoms with E-state index < -0.39 is 11.5 Å². The smallest absolute Gasteiger partial charge is 0.264 e. The van der Waals surface area contributed by atoms with Crippen LogP contribution < -0.4 is 4.90 Å². The van der Waals surface area contributed by atoms with Gasteiger partial charge >= 0.3 is 0 Å². The fourth-order valence-corrected chi connectivity index (χ4v) is 4.74. The quantitative estimate of drug-likeness (QED) is 0.692.